The minimum Gasteiger partial charge on any atom is -0.378 e. The molecule has 1 aliphatic rings. The summed E-state index contributed by atoms with van der Waals surface area (Å²) in [7, 11) is 2.12. The largest absolute Gasteiger partial charge is 0.378 e. The average molecular weight is 353 g/mol. The summed E-state index contributed by atoms with van der Waals surface area (Å²) >= 11 is 0. The van der Waals surface area contributed by atoms with Crippen LogP contribution >= 0.6 is 0 Å². The first-order valence-corrected chi connectivity index (χ1v) is 9.27. The third-order valence-corrected chi connectivity index (χ3v) is 5.12. The van der Waals surface area contributed by atoms with E-state index in [1.165, 1.54) is 0 Å². The number of carbonyl (C=O) groups excluding carboxylic acids is 1. The van der Waals surface area contributed by atoms with Crippen molar-refractivity contribution in [3.8, 4) is 0 Å². The second-order valence-electron chi connectivity index (χ2n) is 6.96. The van der Waals surface area contributed by atoms with Crippen molar-refractivity contribution in [2.24, 2.45) is 0 Å². The van der Waals surface area contributed by atoms with E-state index in [9.17, 15) is 9.90 Å². The Kier molecular flexibility index (Phi) is 6.36. The maximum absolute atomic E-state index is 12.7. The zero-order valence-corrected chi connectivity index (χ0v) is 15.3. The summed E-state index contributed by atoms with van der Waals surface area (Å²) in [6.45, 7) is 2.20. The van der Waals surface area contributed by atoms with Gasteiger partial charge in [-0.15, -0.1) is 0 Å². The highest BCUT2D eigenvalue weighted by Crippen LogP contribution is 2.21. The molecule has 0 aliphatic carbocycles. The van der Waals surface area contributed by atoms with Crippen molar-refractivity contribution in [1.82, 2.24) is 14.8 Å². The fourth-order valence-corrected chi connectivity index (χ4v) is 3.57. The van der Waals surface area contributed by atoms with Gasteiger partial charge in [0.15, 0.2) is 6.10 Å². The molecule has 1 aliphatic heterocycles. The van der Waals surface area contributed by atoms with Gasteiger partial charge in [0, 0.05) is 31.9 Å². The molecule has 138 valence electrons. The number of nitrogens with zero attached hydrogens (tertiary/aromatic N) is 3. The van der Waals surface area contributed by atoms with Gasteiger partial charge in [-0.1, -0.05) is 36.4 Å². The van der Waals surface area contributed by atoms with Gasteiger partial charge in [0.1, 0.15) is 0 Å². The normalized spacial score (nSPS) is 19.2. The molecule has 2 aromatic rings. The van der Waals surface area contributed by atoms with Crippen molar-refractivity contribution in [3.63, 3.8) is 0 Å². The van der Waals surface area contributed by atoms with E-state index in [1.807, 2.05) is 47.5 Å². The summed E-state index contributed by atoms with van der Waals surface area (Å²) in [6.07, 6.45) is 3.66. The Bertz CT molecular complexity index is 693. The zero-order valence-electron chi connectivity index (χ0n) is 15.3. The predicted molar refractivity (Wildman–Crippen MR) is 101 cm³/mol. The number of hydrogen-bond acceptors (Lipinski definition) is 4. The second-order valence-corrected chi connectivity index (χ2v) is 6.96. The molecule has 0 spiro atoms. The molecule has 5 heteroatoms. The predicted octanol–water partition coefficient (Wildman–Crippen LogP) is 2.63. The number of likely N-dealkylation sites (tertiary alicyclic amines) is 1. The van der Waals surface area contributed by atoms with Crippen molar-refractivity contribution < 1.29 is 9.90 Å². The molecule has 2 heterocycles. The van der Waals surface area contributed by atoms with Gasteiger partial charge in [-0.3, -0.25) is 14.7 Å². The number of carbonyl (C=O) groups is 1. The van der Waals surface area contributed by atoms with Crippen LogP contribution in [-0.4, -0.2) is 52.0 Å². The molecule has 0 bridgehead atoms. The van der Waals surface area contributed by atoms with E-state index in [0.717, 1.165) is 31.5 Å². The van der Waals surface area contributed by atoms with E-state index in [1.54, 1.807) is 12.1 Å². The minimum atomic E-state index is -1.07. The first kappa shape index (κ1) is 18.5. The lowest BCUT2D eigenvalue weighted by Gasteiger charge is -2.27. The van der Waals surface area contributed by atoms with E-state index in [4.69, 9.17) is 0 Å². The molecule has 1 N–H and O–H groups in total. The Labute approximate surface area is 155 Å². The second kappa shape index (κ2) is 8.92. The summed E-state index contributed by atoms with van der Waals surface area (Å²) < 4.78 is 0. The number of aliphatic hydroxyl groups excluding tert-OH is 1. The van der Waals surface area contributed by atoms with Gasteiger partial charge in [0.25, 0.3) is 5.91 Å². The van der Waals surface area contributed by atoms with E-state index in [2.05, 4.69) is 16.9 Å². The number of aromatic nitrogens is 1. The van der Waals surface area contributed by atoms with Crippen LogP contribution in [0.5, 0.6) is 0 Å². The Balaban J connectivity index is 1.56. The lowest BCUT2D eigenvalue weighted by Crippen LogP contribution is -2.37. The standard InChI is InChI=1S/C21H27N3O2/c1-23(16-18-10-5-6-13-22-18)19-11-7-14-24(15-12-19)21(26)20(25)17-8-3-2-4-9-17/h2-6,8-10,13,19-20,25H,7,11-12,14-16H2,1H3/t19-,20-/m1/s1. The zero-order chi connectivity index (χ0) is 18.4. The molecule has 1 aromatic carbocycles. The highest BCUT2D eigenvalue weighted by Gasteiger charge is 2.27. The van der Waals surface area contributed by atoms with Gasteiger partial charge in [-0.2, -0.15) is 0 Å². The molecular formula is C21H27N3O2. The SMILES string of the molecule is CN(Cc1ccccn1)[C@@H]1CCCN(C(=O)[C@H](O)c2ccccc2)CC1. The summed E-state index contributed by atoms with van der Waals surface area (Å²) in [4.78, 5) is 21.2. The van der Waals surface area contributed by atoms with E-state index >= 15 is 0 Å². The van der Waals surface area contributed by atoms with E-state index in [0.29, 0.717) is 24.7 Å². The van der Waals surface area contributed by atoms with Crippen LogP contribution in [0.1, 0.15) is 36.6 Å². The van der Waals surface area contributed by atoms with Gasteiger partial charge in [0.2, 0.25) is 0 Å². The maximum atomic E-state index is 12.7. The van der Waals surface area contributed by atoms with Crippen molar-refractivity contribution in [2.75, 3.05) is 20.1 Å². The van der Waals surface area contributed by atoms with Gasteiger partial charge in [0.05, 0.1) is 5.69 Å². The quantitative estimate of drug-likeness (QED) is 0.898. The number of pyridine rings is 1. The van der Waals surface area contributed by atoms with Gasteiger partial charge < -0.3 is 10.0 Å². The lowest BCUT2D eigenvalue weighted by atomic mass is 10.1. The molecule has 1 fully saturated rings. The molecule has 1 amide bonds. The molecule has 0 radical (unpaired) electrons. The van der Waals surface area contributed by atoms with Crippen LogP contribution in [0.2, 0.25) is 0 Å². The van der Waals surface area contributed by atoms with Crippen molar-refractivity contribution in [2.45, 2.75) is 38.0 Å². The molecule has 2 atom stereocenters. The number of aliphatic hydroxyl groups is 1. The third-order valence-electron chi connectivity index (χ3n) is 5.12. The van der Waals surface area contributed by atoms with Crippen molar-refractivity contribution in [3.05, 3.63) is 66.0 Å². The van der Waals surface area contributed by atoms with E-state index < -0.39 is 6.10 Å². The fourth-order valence-electron chi connectivity index (χ4n) is 3.57. The Hall–Kier alpha value is -2.24. The summed E-state index contributed by atoms with van der Waals surface area (Å²) in [5, 5.41) is 10.4. The molecule has 3 rings (SSSR count). The fraction of sp³-hybridized carbons (Fsp3) is 0.429. The number of hydrogen-bond donors (Lipinski definition) is 1. The number of amides is 1. The first-order chi connectivity index (χ1) is 12.6. The molecule has 26 heavy (non-hydrogen) atoms. The van der Waals surface area contributed by atoms with Crippen LogP contribution in [-0.2, 0) is 11.3 Å². The molecule has 1 aromatic heterocycles. The van der Waals surface area contributed by atoms with Crippen molar-refractivity contribution >= 4 is 5.91 Å². The number of benzene rings is 1. The van der Waals surface area contributed by atoms with Crippen LogP contribution in [0.25, 0.3) is 0 Å². The monoisotopic (exact) mass is 353 g/mol. The molecule has 1 saturated heterocycles. The summed E-state index contributed by atoms with van der Waals surface area (Å²) in [5.41, 5.74) is 1.72. The van der Waals surface area contributed by atoms with Crippen molar-refractivity contribution in [1.29, 1.82) is 0 Å². The topological polar surface area (TPSA) is 56.7 Å². The maximum Gasteiger partial charge on any atom is 0.256 e. The summed E-state index contributed by atoms with van der Waals surface area (Å²) in [5.74, 6) is -0.191. The van der Waals surface area contributed by atoms with Gasteiger partial charge >= 0.3 is 0 Å². The van der Waals surface area contributed by atoms with Crippen LogP contribution in [0.15, 0.2) is 54.7 Å². The highest BCUT2D eigenvalue weighted by molar-refractivity contribution is 5.82. The van der Waals surface area contributed by atoms with Crippen LogP contribution in [0, 0.1) is 0 Å². The molecular weight excluding hydrogens is 326 g/mol. The third kappa shape index (κ3) is 4.68. The first-order valence-electron chi connectivity index (χ1n) is 9.27. The van der Waals surface area contributed by atoms with E-state index in [-0.39, 0.29) is 5.91 Å². The van der Waals surface area contributed by atoms with Gasteiger partial charge in [-0.25, -0.2) is 0 Å². The number of rotatable bonds is 5. The Morgan fingerprint density at radius 3 is 2.69 bits per heavy atom. The average Bonchev–Trinajstić information content (AvgIpc) is 2.94. The molecule has 0 unspecified atom stereocenters. The minimum absolute atomic E-state index is 0.191. The molecule has 0 saturated carbocycles. The lowest BCUT2D eigenvalue weighted by molar-refractivity contribution is -0.140. The summed E-state index contributed by atoms with van der Waals surface area (Å²) in [6, 6.07) is 15.6. The molecule has 5 nitrogen and oxygen atoms in total. The Morgan fingerprint density at radius 1 is 1.19 bits per heavy atom. The Morgan fingerprint density at radius 2 is 1.96 bits per heavy atom. The van der Waals surface area contributed by atoms with Crippen LogP contribution < -0.4 is 0 Å². The van der Waals surface area contributed by atoms with Gasteiger partial charge in [-0.05, 0) is 44.0 Å². The van der Waals surface area contributed by atoms with Crippen LogP contribution in [0.4, 0.5) is 0 Å². The van der Waals surface area contributed by atoms with Crippen LogP contribution in [0.3, 0.4) is 0 Å². The smallest absolute Gasteiger partial charge is 0.256 e. The highest BCUT2D eigenvalue weighted by atomic mass is 16.3.